The van der Waals surface area contributed by atoms with Gasteiger partial charge in [0, 0.05) is 12.1 Å². The fourth-order valence-electron chi connectivity index (χ4n) is 4.48. The molecule has 5 rings (SSSR count). The molecule has 1 aliphatic carbocycles. The van der Waals surface area contributed by atoms with Crippen molar-refractivity contribution in [1.29, 1.82) is 0 Å². The molecule has 2 heterocycles. The molecule has 2 aromatic heterocycles. The number of benzene rings is 2. The first-order chi connectivity index (χ1) is 15.7. The molecule has 2 aromatic carbocycles. The molecule has 0 amide bonds. The summed E-state index contributed by atoms with van der Waals surface area (Å²) in [6, 6.07) is 23.6. The number of nitrogens with zero attached hydrogens (tertiary/aromatic N) is 1. The highest BCUT2D eigenvalue weighted by Crippen LogP contribution is 2.36. The summed E-state index contributed by atoms with van der Waals surface area (Å²) in [5.74, 6) is -0.345. The second-order valence-corrected chi connectivity index (χ2v) is 7.97. The number of aromatic amines is 1. The average molecular weight is 425 g/mol. The van der Waals surface area contributed by atoms with E-state index in [1.165, 1.54) is 0 Å². The maximum absolute atomic E-state index is 13.1. The molecule has 1 N–H and O–H groups in total. The summed E-state index contributed by atoms with van der Waals surface area (Å²) in [7, 11) is 0. The fraction of sp³-hybridized carbons (Fsp3) is 0.185. The number of ether oxygens (including phenoxy) is 1. The van der Waals surface area contributed by atoms with Crippen molar-refractivity contribution < 1.29 is 9.53 Å². The van der Waals surface area contributed by atoms with Crippen molar-refractivity contribution >= 4 is 5.97 Å². The molecule has 0 unspecified atom stereocenters. The van der Waals surface area contributed by atoms with Gasteiger partial charge in [-0.2, -0.15) is 0 Å². The standard InChI is InChI=1S/C27H24N2O3/c1-2-32-27(31)23-16-21-14-13-20-15-22(19-11-7-4-8-12-19)26(30)28-24(20)25(21)29(23)17-18-9-5-3-6-10-18/h3-12,15-16H,2,13-14,17H2,1H3,(H,28,30). The predicted octanol–water partition coefficient (Wildman–Crippen LogP) is 4.83. The maximum atomic E-state index is 13.1. The van der Waals surface area contributed by atoms with Gasteiger partial charge < -0.3 is 14.3 Å². The van der Waals surface area contributed by atoms with Crippen molar-refractivity contribution in [3.63, 3.8) is 0 Å². The fourth-order valence-corrected chi connectivity index (χ4v) is 4.48. The zero-order valence-corrected chi connectivity index (χ0v) is 17.9. The minimum Gasteiger partial charge on any atom is -0.461 e. The van der Waals surface area contributed by atoms with Crippen LogP contribution in [-0.4, -0.2) is 22.1 Å². The van der Waals surface area contributed by atoms with E-state index in [4.69, 9.17) is 4.74 Å². The van der Waals surface area contributed by atoms with Crippen LogP contribution in [0, 0.1) is 0 Å². The van der Waals surface area contributed by atoms with E-state index in [1.54, 1.807) is 6.92 Å². The number of esters is 1. The van der Waals surface area contributed by atoms with Gasteiger partial charge in [0.15, 0.2) is 0 Å². The lowest BCUT2D eigenvalue weighted by atomic mass is 9.92. The Hall–Kier alpha value is -3.86. The molecule has 0 fully saturated rings. The van der Waals surface area contributed by atoms with Crippen molar-refractivity contribution in [2.24, 2.45) is 0 Å². The van der Waals surface area contributed by atoms with Gasteiger partial charge in [-0.1, -0.05) is 60.7 Å². The van der Waals surface area contributed by atoms with Gasteiger partial charge in [-0.05, 0) is 54.2 Å². The third-order valence-electron chi connectivity index (χ3n) is 5.95. The van der Waals surface area contributed by atoms with Crippen molar-refractivity contribution in [2.45, 2.75) is 26.3 Å². The first-order valence-corrected chi connectivity index (χ1v) is 10.9. The van der Waals surface area contributed by atoms with E-state index in [0.29, 0.717) is 24.4 Å². The summed E-state index contributed by atoms with van der Waals surface area (Å²) in [4.78, 5) is 29.0. The minimum atomic E-state index is -0.345. The summed E-state index contributed by atoms with van der Waals surface area (Å²) >= 11 is 0. The quantitative estimate of drug-likeness (QED) is 0.467. The summed E-state index contributed by atoms with van der Waals surface area (Å²) in [6.45, 7) is 2.64. The molecule has 160 valence electrons. The van der Waals surface area contributed by atoms with E-state index in [2.05, 4.69) is 4.98 Å². The second kappa shape index (κ2) is 8.35. The molecule has 0 saturated heterocycles. The Morgan fingerprint density at radius 2 is 1.66 bits per heavy atom. The molecule has 5 heteroatoms. The number of carbonyl (C=O) groups excluding carboxylic acids is 1. The van der Waals surface area contributed by atoms with Gasteiger partial charge in [0.1, 0.15) is 5.69 Å². The van der Waals surface area contributed by atoms with Crippen LogP contribution in [0.4, 0.5) is 0 Å². The number of pyridine rings is 1. The first kappa shape index (κ1) is 20.1. The highest BCUT2D eigenvalue weighted by molar-refractivity contribution is 5.90. The number of nitrogens with one attached hydrogen (secondary N) is 1. The van der Waals surface area contributed by atoms with Crippen molar-refractivity contribution in [1.82, 2.24) is 9.55 Å². The van der Waals surface area contributed by atoms with Gasteiger partial charge in [-0.3, -0.25) is 4.79 Å². The molecule has 0 bridgehead atoms. The zero-order chi connectivity index (χ0) is 22.1. The van der Waals surface area contributed by atoms with Crippen molar-refractivity contribution in [3.05, 3.63) is 106 Å². The zero-order valence-electron chi connectivity index (χ0n) is 17.9. The lowest BCUT2D eigenvalue weighted by Crippen LogP contribution is -2.19. The number of carbonyl (C=O) groups is 1. The third kappa shape index (κ3) is 3.56. The number of aromatic nitrogens is 2. The number of rotatable bonds is 5. The van der Waals surface area contributed by atoms with E-state index >= 15 is 0 Å². The number of aryl methyl sites for hydroxylation is 2. The van der Waals surface area contributed by atoms with Crippen molar-refractivity contribution in [2.75, 3.05) is 6.61 Å². The largest absolute Gasteiger partial charge is 0.461 e. The minimum absolute atomic E-state index is 0.132. The number of hydrogen-bond donors (Lipinski definition) is 1. The van der Waals surface area contributed by atoms with Crippen LogP contribution in [0.3, 0.4) is 0 Å². The molecule has 0 saturated carbocycles. The lowest BCUT2D eigenvalue weighted by Gasteiger charge is -2.21. The SMILES string of the molecule is CCOC(=O)c1cc2c(n1Cc1ccccc1)-c1[nH]c(=O)c(-c3ccccc3)cc1CC2. The Bertz CT molecular complexity index is 1330. The first-order valence-electron chi connectivity index (χ1n) is 10.9. The van der Waals surface area contributed by atoms with Crippen molar-refractivity contribution in [3.8, 4) is 22.5 Å². The monoisotopic (exact) mass is 424 g/mol. The lowest BCUT2D eigenvalue weighted by molar-refractivity contribution is 0.0514. The topological polar surface area (TPSA) is 64.1 Å². The Balaban J connectivity index is 1.68. The smallest absolute Gasteiger partial charge is 0.354 e. The summed E-state index contributed by atoms with van der Waals surface area (Å²) < 4.78 is 7.33. The van der Waals surface area contributed by atoms with Crippen LogP contribution in [0.1, 0.15) is 34.1 Å². The van der Waals surface area contributed by atoms with E-state index in [1.807, 2.05) is 77.4 Å². The van der Waals surface area contributed by atoms with Crippen LogP contribution in [0.25, 0.3) is 22.5 Å². The number of hydrogen-bond acceptors (Lipinski definition) is 3. The molecule has 0 atom stereocenters. The molecule has 1 aliphatic rings. The summed E-state index contributed by atoms with van der Waals surface area (Å²) in [6.07, 6.45) is 1.60. The molecule has 5 nitrogen and oxygen atoms in total. The third-order valence-corrected chi connectivity index (χ3v) is 5.95. The van der Waals surface area contributed by atoms with Crippen LogP contribution >= 0.6 is 0 Å². The van der Waals surface area contributed by atoms with E-state index in [0.717, 1.165) is 46.5 Å². The Morgan fingerprint density at radius 1 is 0.969 bits per heavy atom. The number of H-pyrrole nitrogens is 1. The van der Waals surface area contributed by atoms with E-state index in [-0.39, 0.29) is 11.5 Å². The van der Waals surface area contributed by atoms with Gasteiger partial charge in [0.05, 0.1) is 18.0 Å². The van der Waals surface area contributed by atoms with Gasteiger partial charge in [0.2, 0.25) is 0 Å². The van der Waals surface area contributed by atoms with E-state index in [9.17, 15) is 9.59 Å². The van der Waals surface area contributed by atoms with Crippen LogP contribution in [0.2, 0.25) is 0 Å². The Labute approximate surface area is 186 Å². The van der Waals surface area contributed by atoms with Crippen LogP contribution in [-0.2, 0) is 24.1 Å². The molecule has 32 heavy (non-hydrogen) atoms. The predicted molar refractivity (Wildman–Crippen MR) is 125 cm³/mol. The normalized spacial score (nSPS) is 12.2. The van der Waals surface area contributed by atoms with Gasteiger partial charge in [0.25, 0.3) is 5.56 Å². The second-order valence-electron chi connectivity index (χ2n) is 7.97. The molecule has 4 aromatic rings. The van der Waals surface area contributed by atoms with Gasteiger partial charge >= 0.3 is 5.97 Å². The molecular weight excluding hydrogens is 400 g/mol. The van der Waals surface area contributed by atoms with Gasteiger partial charge in [-0.25, -0.2) is 4.79 Å². The Morgan fingerprint density at radius 3 is 2.38 bits per heavy atom. The van der Waals surface area contributed by atoms with E-state index < -0.39 is 0 Å². The highest BCUT2D eigenvalue weighted by atomic mass is 16.5. The maximum Gasteiger partial charge on any atom is 0.354 e. The van der Waals surface area contributed by atoms with Crippen LogP contribution in [0.5, 0.6) is 0 Å². The summed E-state index contributed by atoms with van der Waals surface area (Å²) in [5, 5.41) is 0. The molecule has 0 radical (unpaired) electrons. The average Bonchev–Trinajstić information content (AvgIpc) is 3.19. The highest BCUT2D eigenvalue weighted by Gasteiger charge is 2.27. The molecular formula is C27H24N2O3. The van der Waals surface area contributed by atoms with Crippen LogP contribution < -0.4 is 5.56 Å². The molecule has 0 aliphatic heterocycles. The molecule has 0 spiro atoms. The summed E-state index contributed by atoms with van der Waals surface area (Å²) in [5.41, 5.74) is 6.85. The Kier molecular flexibility index (Phi) is 5.23. The van der Waals surface area contributed by atoms with Crippen LogP contribution in [0.15, 0.2) is 77.6 Å². The number of fused-ring (bicyclic) bond motifs is 3. The van der Waals surface area contributed by atoms with Gasteiger partial charge in [-0.15, -0.1) is 0 Å².